The largest absolute Gasteiger partial charge is 0.333 e. The molecule has 2 aliphatic heterocycles. The number of carbonyl (C=O) groups is 2. The minimum absolute atomic E-state index is 0.0271. The first-order valence-electron chi connectivity index (χ1n) is 9.12. The lowest BCUT2D eigenvalue weighted by atomic mass is 10.2. The summed E-state index contributed by atoms with van der Waals surface area (Å²) in [6.45, 7) is 4.21. The molecule has 3 aliphatic rings. The van der Waals surface area contributed by atoms with Crippen molar-refractivity contribution < 1.29 is 9.59 Å². The Kier molecular flexibility index (Phi) is 4.02. The summed E-state index contributed by atoms with van der Waals surface area (Å²) in [6.07, 6.45) is 5.98. The van der Waals surface area contributed by atoms with Crippen LogP contribution in [0.1, 0.15) is 69.1 Å². The van der Waals surface area contributed by atoms with Crippen molar-refractivity contribution in [3.63, 3.8) is 0 Å². The summed E-state index contributed by atoms with van der Waals surface area (Å²) in [4.78, 5) is 28.4. The van der Waals surface area contributed by atoms with Crippen LogP contribution in [0, 0.1) is 0 Å². The van der Waals surface area contributed by atoms with Gasteiger partial charge in [-0.2, -0.15) is 0 Å². The average Bonchev–Trinajstić information content (AvgIpc) is 3.34. The molecule has 2 amide bonds. The van der Waals surface area contributed by atoms with E-state index in [1.807, 2.05) is 4.90 Å². The van der Waals surface area contributed by atoms with Gasteiger partial charge in [-0.05, 0) is 32.6 Å². The van der Waals surface area contributed by atoms with Crippen molar-refractivity contribution in [1.29, 1.82) is 0 Å². The Balaban J connectivity index is 1.44. The van der Waals surface area contributed by atoms with Gasteiger partial charge in [0.05, 0.1) is 19.1 Å². The minimum Gasteiger partial charge on any atom is -0.333 e. The number of nitrogens with zero attached hydrogens (tertiary/aromatic N) is 5. The zero-order valence-electron chi connectivity index (χ0n) is 14.3. The lowest BCUT2D eigenvalue weighted by Gasteiger charge is -2.34. The summed E-state index contributed by atoms with van der Waals surface area (Å²) < 4.78 is 2.22. The van der Waals surface area contributed by atoms with Crippen molar-refractivity contribution in [3.8, 4) is 0 Å². The van der Waals surface area contributed by atoms with Crippen LogP contribution in [0.25, 0.3) is 0 Å². The summed E-state index contributed by atoms with van der Waals surface area (Å²) in [5, 5.41) is 8.67. The summed E-state index contributed by atoms with van der Waals surface area (Å²) in [5.74, 6) is 2.67. The van der Waals surface area contributed by atoms with E-state index in [0.29, 0.717) is 32.0 Å². The number of fused-ring (bicyclic) bond motifs is 1. The molecule has 1 atom stereocenters. The first-order chi connectivity index (χ1) is 11.6. The van der Waals surface area contributed by atoms with Crippen molar-refractivity contribution in [2.75, 3.05) is 19.6 Å². The van der Waals surface area contributed by atoms with Gasteiger partial charge in [0.15, 0.2) is 5.82 Å². The number of aromatic nitrogens is 3. The van der Waals surface area contributed by atoms with E-state index in [9.17, 15) is 9.59 Å². The highest BCUT2D eigenvalue weighted by molar-refractivity contribution is 5.85. The summed E-state index contributed by atoms with van der Waals surface area (Å²) in [6, 6.07) is 0.197. The lowest BCUT2D eigenvalue weighted by Crippen LogP contribution is -2.46. The number of hydrogen-bond acceptors (Lipinski definition) is 4. The van der Waals surface area contributed by atoms with Crippen LogP contribution in [-0.2, 0) is 16.1 Å². The Hall–Kier alpha value is -1.92. The van der Waals surface area contributed by atoms with Crippen LogP contribution in [0.4, 0.5) is 0 Å². The van der Waals surface area contributed by atoms with Crippen molar-refractivity contribution in [2.45, 2.75) is 64.0 Å². The quantitative estimate of drug-likeness (QED) is 0.841. The SMILES string of the molecule is C[C@H]1CN(C(=O)CN2CCCCCC2=O)Cc2nnc(C3CC3)n21. The highest BCUT2D eigenvalue weighted by Crippen LogP contribution is 2.40. The van der Waals surface area contributed by atoms with E-state index in [-0.39, 0.29) is 24.4 Å². The summed E-state index contributed by atoms with van der Waals surface area (Å²) in [5.41, 5.74) is 0. The second kappa shape index (κ2) is 6.18. The topological polar surface area (TPSA) is 71.3 Å². The predicted molar refractivity (Wildman–Crippen MR) is 87.2 cm³/mol. The zero-order chi connectivity index (χ0) is 16.7. The molecule has 1 aromatic heterocycles. The molecule has 1 aromatic rings. The number of amides is 2. The molecule has 7 nitrogen and oxygen atoms in total. The van der Waals surface area contributed by atoms with Crippen molar-refractivity contribution in [1.82, 2.24) is 24.6 Å². The van der Waals surface area contributed by atoms with Crippen LogP contribution in [0.3, 0.4) is 0 Å². The molecule has 3 heterocycles. The van der Waals surface area contributed by atoms with E-state index in [0.717, 1.165) is 30.9 Å². The highest BCUT2D eigenvalue weighted by atomic mass is 16.2. The molecule has 0 radical (unpaired) electrons. The van der Waals surface area contributed by atoms with Crippen LogP contribution in [-0.4, -0.2) is 56.0 Å². The van der Waals surface area contributed by atoms with Crippen molar-refractivity contribution in [2.24, 2.45) is 0 Å². The highest BCUT2D eigenvalue weighted by Gasteiger charge is 2.35. The summed E-state index contributed by atoms with van der Waals surface area (Å²) in [7, 11) is 0. The minimum atomic E-state index is 0.0271. The van der Waals surface area contributed by atoms with Gasteiger partial charge in [-0.3, -0.25) is 9.59 Å². The number of rotatable bonds is 3. The normalized spacial score (nSPS) is 24.7. The maximum absolute atomic E-state index is 12.7. The first kappa shape index (κ1) is 15.6. The molecule has 0 N–H and O–H groups in total. The zero-order valence-corrected chi connectivity index (χ0v) is 14.3. The van der Waals surface area contributed by atoms with Gasteiger partial charge in [0.1, 0.15) is 5.82 Å². The van der Waals surface area contributed by atoms with Crippen LogP contribution in [0.5, 0.6) is 0 Å². The molecule has 1 aliphatic carbocycles. The van der Waals surface area contributed by atoms with Gasteiger partial charge in [-0.15, -0.1) is 10.2 Å². The van der Waals surface area contributed by atoms with Gasteiger partial charge in [0.2, 0.25) is 11.8 Å². The third-order valence-corrected chi connectivity index (χ3v) is 5.34. The van der Waals surface area contributed by atoms with Crippen LogP contribution in [0.2, 0.25) is 0 Å². The van der Waals surface area contributed by atoms with Gasteiger partial charge in [-0.1, -0.05) is 6.42 Å². The van der Waals surface area contributed by atoms with E-state index in [2.05, 4.69) is 21.7 Å². The third kappa shape index (κ3) is 2.91. The van der Waals surface area contributed by atoms with E-state index < -0.39 is 0 Å². The van der Waals surface area contributed by atoms with E-state index in [4.69, 9.17) is 0 Å². The molecule has 2 fully saturated rings. The van der Waals surface area contributed by atoms with Gasteiger partial charge < -0.3 is 14.4 Å². The smallest absolute Gasteiger partial charge is 0.242 e. The fraction of sp³-hybridized carbons (Fsp3) is 0.765. The van der Waals surface area contributed by atoms with Crippen LogP contribution >= 0.6 is 0 Å². The molecule has 7 heteroatoms. The Bertz CT molecular complexity index is 651. The molecule has 1 saturated heterocycles. The molecule has 130 valence electrons. The first-order valence-corrected chi connectivity index (χ1v) is 9.12. The van der Waals surface area contributed by atoms with Gasteiger partial charge in [-0.25, -0.2) is 0 Å². The maximum Gasteiger partial charge on any atom is 0.242 e. The average molecular weight is 331 g/mol. The van der Waals surface area contributed by atoms with Crippen LogP contribution in [0.15, 0.2) is 0 Å². The molecule has 0 aromatic carbocycles. The second-order valence-electron chi connectivity index (χ2n) is 7.37. The molecule has 24 heavy (non-hydrogen) atoms. The molecule has 0 spiro atoms. The van der Waals surface area contributed by atoms with E-state index in [1.54, 1.807) is 4.90 Å². The Morgan fingerprint density at radius 2 is 2.04 bits per heavy atom. The van der Waals surface area contributed by atoms with Crippen LogP contribution < -0.4 is 0 Å². The standard InChI is InChI=1S/C17H25N5O2/c1-12-9-21(10-14-18-19-17(22(12)14)13-6-7-13)16(24)11-20-8-4-2-3-5-15(20)23/h12-13H,2-11H2,1H3/t12-/m0/s1. The van der Waals surface area contributed by atoms with Crippen molar-refractivity contribution >= 4 is 11.8 Å². The number of carbonyl (C=O) groups excluding carboxylic acids is 2. The van der Waals surface area contributed by atoms with E-state index in [1.165, 1.54) is 12.8 Å². The Morgan fingerprint density at radius 3 is 2.83 bits per heavy atom. The second-order valence-corrected chi connectivity index (χ2v) is 7.37. The summed E-state index contributed by atoms with van der Waals surface area (Å²) >= 11 is 0. The van der Waals surface area contributed by atoms with Gasteiger partial charge in [0, 0.05) is 25.4 Å². The predicted octanol–water partition coefficient (Wildman–Crippen LogP) is 1.46. The fourth-order valence-electron chi connectivity index (χ4n) is 3.84. The lowest BCUT2D eigenvalue weighted by molar-refractivity contribution is -0.141. The van der Waals surface area contributed by atoms with E-state index >= 15 is 0 Å². The monoisotopic (exact) mass is 331 g/mol. The maximum atomic E-state index is 12.7. The Morgan fingerprint density at radius 1 is 1.21 bits per heavy atom. The molecular formula is C17H25N5O2. The third-order valence-electron chi connectivity index (χ3n) is 5.34. The molecule has 0 unspecified atom stereocenters. The number of likely N-dealkylation sites (tertiary alicyclic amines) is 1. The van der Waals surface area contributed by atoms with Gasteiger partial charge >= 0.3 is 0 Å². The molecule has 4 rings (SSSR count). The fourth-order valence-corrected chi connectivity index (χ4v) is 3.84. The molecular weight excluding hydrogens is 306 g/mol. The van der Waals surface area contributed by atoms with Gasteiger partial charge in [0.25, 0.3) is 0 Å². The molecule has 0 bridgehead atoms. The number of hydrogen-bond donors (Lipinski definition) is 0. The Labute approximate surface area is 142 Å². The molecule has 1 saturated carbocycles. The van der Waals surface area contributed by atoms with Crippen molar-refractivity contribution in [3.05, 3.63) is 11.6 Å².